The highest BCUT2D eigenvalue weighted by Gasteiger charge is 2.21. The third kappa shape index (κ3) is 4.56. The van der Waals surface area contributed by atoms with Crippen LogP contribution in [0.2, 0.25) is 0 Å². The van der Waals surface area contributed by atoms with Crippen molar-refractivity contribution in [2.24, 2.45) is 0 Å². The van der Waals surface area contributed by atoms with E-state index in [1.807, 2.05) is 23.1 Å². The number of nitrogens with zero attached hydrogens (tertiary/aromatic N) is 3. The molecule has 0 unspecified atom stereocenters. The van der Waals surface area contributed by atoms with Gasteiger partial charge in [0.05, 0.1) is 11.6 Å². The lowest BCUT2D eigenvalue weighted by atomic mass is 10.1. The van der Waals surface area contributed by atoms with Crippen LogP contribution in [0.25, 0.3) is 6.08 Å². The van der Waals surface area contributed by atoms with Crippen LogP contribution >= 0.6 is 0 Å². The fraction of sp³-hybridized carbons (Fsp3) is 0.238. The van der Waals surface area contributed by atoms with Gasteiger partial charge in [-0.3, -0.25) is 9.69 Å². The molecule has 0 bridgehead atoms. The van der Waals surface area contributed by atoms with E-state index in [2.05, 4.69) is 35.3 Å². The molecule has 0 atom stereocenters. The Kier molecular flexibility index (Phi) is 5.61. The van der Waals surface area contributed by atoms with Crippen LogP contribution in [-0.2, 0) is 0 Å². The second-order valence-electron chi connectivity index (χ2n) is 6.10. The van der Waals surface area contributed by atoms with E-state index in [1.165, 1.54) is 5.56 Å². The van der Waals surface area contributed by atoms with Crippen molar-refractivity contribution in [2.75, 3.05) is 32.7 Å². The Labute approximate surface area is 148 Å². The van der Waals surface area contributed by atoms with E-state index in [1.54, 1.807) is 24.3 Å². The molecule has 1 aliphatic rings. The zero-order valence-electron chi connectivity index (χ0n) is 14.1. The smallest absolute Gasteiger partial charge is 0.253 e. The van der Waals surface area contributed by atoms with Crippen molar-refractivity contribution < 1.29 is 4.79 Å². The first-order valence-electron chi connectivity index (χ1n) is 8.49. The molecule has 0 spiro atoms. The van der Waals surface area contributed by atoms with E-state index in [0.717, 1.165) is 32.7 Å². The van der Waals surface area contributed by atoms with Crippen LogP contribution in [0.15, 0.2) is 60.7 Å². The summed E-state index contributed by atoms with van der Waals surface area (Å²) in [4.78, 5) is 16.8. The van der Waals surface area contributed by atoms with Crippen LogP contribution in [0.4, 0.5) is 0 Å². The molecule has 0 aliphatic carbocycles. The number of piperazine rings is 1. The van der Waals surface area contributed by atoms with Crippen LogP contribution in [0.5, 0.6) is 0 Å². The van der Waals surface area contributed by atoms with Crippen molar-refractivity contribution in [2.45, 2.75) is 0 Å². The van der Waals surface area contributed by atoms with Crippen molar-refractivity contribution in [3.8, 4) is 6.07 Å². The highest BCUT2D eigenvalue weighted by Crippen LogP contribution is 2.11. The largest absolute Gasteiger partial charge is 0.336 e. The lowest BCUT2D eigenvalue weighted by molar-refractivity contribution is 0.0650. The Morgan fingerprint density at radius 1 is 1.04 bits per heavy atom. The first kappa shape index (κ1) is 16.9. The fourth-order valence-electron chi connectivity index (χ4n) is 2.94. The summed E-state index contributed by atoms with van der Waals surface area (Å²) in [6.45, 7) is 4.05. The molecule has 0 aromatic heterocycles. The van der Waals surface area contributed by atoms with Gasteiger partial charge in [0.1, 0.15) is 0 Å². The fourth-order valence-corrected chi connectivity index (χ4v) is 2.94. The van der Waals surface area contributed by atoms with E-state index >= 15 is 0 Å². The maximum Gasteiger partial charge on any atom is 0.253 e. The zero-order valence-corrected chi connectivity index (χ0v) is 14.1. The summed E-state index contributed by atoms with van der Waals surface area (Å²) in [5.41, 5.74) is 2.32. The molecule has 2 aromatic carbocycles. The molecule has 1 saturated heterocycles. The quantitative estimate of drug-likeness (QED) is 0.865. The molecule has 0 N–H and O–H groups in total. The van der Waals surface area contributed by atoms with Gasteiger partial charge in [-0.2, -0.15) is 5.26 Å². The van der Waals surface area contributed by atoms with Crippen LogP contribution in [0, 0.1) is 11.3 Å². The van der Waals surface area contributed by atoms with Crippen molar-refractivity contribution in [3.63, 3.8) is 0 Å². The third-order valence-corrected chi connectivity index (χ3v) is 4.37. The van der Waals surface area contributed by atoms with Gasteiger partial charge in [0, 0.05) is 38.3 Å². The summed E-state index contributed by atoms with van der Waals surface area (Å²) in [6, 6.07) is 19.3. The molecule has 3 rings (SSSR count). The molecule has 4 heteroatoms. The van der Waals surface area contributed by atoms with Crippen LogP contribution < -0.4 is 0 Å². The number of amides is 1. The van der Waals surface area contributed by atoms with E-state index in [0.29, 0.717) is 11.1 Å². The Bertz CT molecular complexity index is 784. The molecule has 0 radical (unpaired) electrons. The molecule has 2 aromatic rings. The van der Waals surface area contributed by atoms with Gasteiger partial charge in [-0.15, -0.1) is 0 Å². The lowest BCUT2D eigenvalue weighted by Gasteiger charge is -2.34. The number of carbonyl (C=O) groups is 1. The van der Waals surface area contributed by atoms with Gasteiger partial charge < -0.3 is 4.90 Å². The van der Waals surface area contributed by atoms with E-state index in [-0.39, 0.29) is 5.91 Å². The van der Waals surface area contributed by atoms with E-state index in [4.69, 9.17) is 5.26 Å². The SMILES string of the molecule is N#Cc1cccc(C(=O)N2CCN(CC=Cc3ccccc3)CC2)c1. The number of hydrogen-bond donors (Lipinski definition) is 0. The standard InChI is InChI=1S/C21H21N3O/c22-17-19-8-4-10-20(16-19)21(25)24-14-12-23(13-15-24)11-5-9-18-6-2-1-3-7-18/h1-10,16H,11-15H2. The molecule has 1 amide bonds. The minimum atomic E-state index is 0.0107. The molecule has 1 aliphatic heterocycles. The van der Waals surface area contributed by atoms with Crippen LogP contribution in [0.3, 0.4) is 0 Å². The molecule has 4 nitrogen and oxygen atoms in total. The van der Waals surface area contributed by atoms with Gasteiger partial charge in [-0.05, 0) is 23.8 Å². The summed E-state index contributed by atoms with van der Waals surface area (Å²) in [5, 5.41) is 8.97. The number of hydrogen-bond acceptors (Lipinski definition) is 3. The highest BCUT2D eigenvalue weighted by molar-refractivity contribution is 5.94. The second kappa shape index (κ2) is 8.27. The van der Waals surface area contributed by atoms with Crippen molar-refractivity contribution in [1.29, 1.82) is 5.26 Å². The van der Waals surface area contributed by atoms with Crippen molar-refractivity contribution >= 4 is 12.0 Å². The average molecular weight is 331 g/mol. The minimum Gasteiger partial charge on any atom is -0.336 e. The van der Waals surface area contributed by atoms with Crippen LogP contribution in [-0.4, -0.2) is 48.4 Å². The average Bonchev–Trinajstić information content (AvgIpc) is 2.69. The van der Waals surface area contributed by atoms with Gasteiger partial charge in [0.2, 0.25) is 0 Å². The summed E-state index contributed by atoms with van der Waals surface area (Å²) < 4.78 is 0. The van der Waals surface area contributed by atoms with Gasteiger partial charge in [0.15, 0.2) is 0 Å². The first-order valence-corrected chi connectivity index (χ1v) is 8.49. The maximum absolute atomic E-state index is 12.6. The molecular formula is C21H21N3O. The summed E-state index contributed by atoms with van der Waals surface area (Å²) in [5.74, 6) is 0.0107. The Morgan fingerprint density at radius 3 is 2.52 bits per heavy atom. The number of benzene rings is 2. The number of carbonyl (C=O) groups excluding carboxylic acids is 1. The molecule has 25 heavy (non-hydrogen) atoms. The number of nitriles is 1. The molecule has 0 saturated carbocycles. The Balaban J connectivity index is 1.50. The highest BCUT2D eigenvalue weighted by atomic mass is 16.2. The van der Waals surface area contributed by atoms with Crippen molar-refractivity contribution in [1.82, 2.24) is 9.80 Å². The van der Waals surface area contributed by atoms with Crippen LogP contribution in [0.1, 0.15) is 21.5 Å². The topological polar surface area (TPSA) is 47.3 Å². The lowest BCUT2D eigenvalue weighted by Crippen LogP contribution is -2.48. The predicted molar refractivity (Wildman–Crippen MR) is 99.0 cm³/mol. The molecule has 1 fully saturated rings. The third-order valence-electron chi connectivity index (χ3n) is 4.37. The minimum absolute atomic E-state index is 0.0107. The van der Waals surface area contributed by atoms with Gasteiger partial charge in [-0.1, -0.05) is 48.6 Å². The van der Waals surface area contributed by atoms with Gasteiger partial charge in [0.25, 0.3) is 5.91 Å². The zero-order chi connectivity index (χ0) is 17.5. The first-order chi connectivity index (χ1) is 12.3. The molecular weight excluding hydrogens is 310 g/mol. The monoisotopic (exact) mass is 331 g/mol. The van der Waals surface area contributed by atoms with Gasteiger partial charge >= 0.3 is 0 Å². The molecule has 1 heterocycles. The number of rotatable bonds is 4. The summed E-state index contributed by atoms with van der Waals surface area (Å²) in [7, 11) is 0. The van der Waals surface area contributed by atoms with E-state index in [9.17, 15) is 4.79 Å². The van der Waals surface area contributed by atoms with E-state index < -0.39 is 0 Å². The predicted octanol–water partition coefficient (Wildman–Crippen LogP) is 3.03. The maximum atomic E-state index is 12.6. The summed E-state index contributed by atoms with van der Waals surface area (Å²) in [6.07, 6.45) is 4.30. The Hall–Kier alpha value is -2.90. The normalized spacial score (nSPS) is 15.2. The Morgan fingerprint density at radius 2 is 1.80 bits per heavy atom. The van der Waals surface area contributed by atoms with Crippen molar-refractivity contribution in [3.05, 3.63) is 77.4 Å². The summed E-state index contributed by atoms with van der Waals surface area (Å²) >= 11 is 0. The molecule has 126 valence electrons. The second-order valence-corrected chi connectivity index (χ2v) is 6.10. The van der Waals surface area contributed by atoms with Gasteiger partial charge in [-0.25, -0.2) is 0 Å².